The molecule has 0 radical (unpaired) electrons. The van der Waals surface area contributed by atoms with Crippen molar-refractivity contribution in [3.8, 4) is 0 Å². The van der Waals surface area contributed by atoms with Crippen molar-refractivity contribution in [3.05, 3.63) is 60.1 Å². The molecule has 0 unspecified atom stereocenters. The van der Waals surface area contributed by atoms with Gasteiger partial charge >= 0.3 is 0 Å². The number of nitrogens with one attached hydrogen (secondary N) is 1. The highest BCUT2D eigenvalue weighted by Crippen LogP contribution is 2.29. The molecule has 4 nitrogen and oxygen atoms in total. The summed E-state index contributed by atoms with van der Waals surface area (Å²) in [5, 5.41) is 3.03. The molecular weight excluding hydrogens is 278 g/mol. The lowest BCUT2D eigenvalue weighted by Crippen LogP contribution is -2.48. The predicted octanol–water partition coefficient (Wildman–Crippen LogP) is 2.95. The summed E-state index contributed by atoms with van der Waals surface area (Å²) in [7, 11) is 0. The van der Waals surface area contributed by atoms with E-state index in [1.807, 2.05) is 42.5 Å². The minimum atomic E-state index is -0.0540. The molecule has 1 aromatic heterocycles. The van der Waals surface area contributed by atoms with E-state index < -0.39 is 0 Å². The molecular formula is C18H21NO3. The lowest BCUT2D eigenvalue weighted by molar-refractivity contribution is -0.127. The van der Waals surface area contributed by atoms with E-state index in [1.54, 1.807) is 6.26 Å². The molecule has 1 N–H and O–H groups in total. The van der Waals surface area contributed by atoms with Crippen molar-refractivity contribution in [2.24, 2.45) is 5.41 Å². The molecule has 2 aromatic rings. The highest BCUT2D eigenvalue weighted by atomic mass is 16.5. The molecule has 4 heteroatoms. The predicted molar refractivity (Wildman–Crippen MR) is 83.5 cm³/mol. The second-order valence-electron chi connectivity index (χ2n) is 6.26. The van der Waals surface area contributed by atoms with E-state index in [2.05, 4.69) is 12.2 Å². The molecule has 1 atom stereocenters. The number of benzene rings is 1. The molecule has 22 heavy (non-hydrogen) atoms. The minimum absolute atomic E-state index is 0.0402. The fourth-order valence-corrected chi connectivity index (χ4v) is 2.68. The maximum Gasteiger partial charge on any atom is 0.221 e. The van der Waals surface area contributed by atoms with Gasteiger partial charge in [-0.15, -0.1) is 0 Å². The fourth-order valence-electron chi connectivity index (χ4n) is 2.68. The van der Waals surface area contributed by atoms with Crippen molar-refractivity contribution in [2.75, 3.05) is 19.8 Å². The number of amides is 1. The molecule has 1 fully saturated rings. The standard InChI is InChI=1S/C18H21NO3/c1-18(12-21-13-18)11-19-17(20)10-15(16-8-5-9-22-16)14-6-3-2-4-7-14/h2-9,15H,10-13H2,1H3,(H,19,20)/t15-/m1/s1. The quantitative estimate of drug-likeness (QED) is 0.892. The summed E-state index contributed by atoms with van der Waals surface area (Å²) >= 11 is 0. The number of rotatable bonds is 6. The highest BCUT2D eigenvalue weighted by molar-refractivity contribution is 5.77. The van der Waals surface area contributed by atoms with Gasteiger partial charge in [-0.2, -0.15) is 0 Å². The Bertz CT molecular complexity index is 603. The number of carbonyl (C=O) groups is 1. The van der Waals surface area contributed by atoms with E-state index in [0.29, 0.717) is 26.2 Å². The van der Waals surface area contributed by atoms with Crippen LogP contribution < -0.4 is 5.32 Å². The van der Waals surface area contributed by atoms with Gasteiger partial charge in [0.2, 0.25) is 5.91 Å². The number of hydrogen-bond acceptors (Lipinski definition) is 3. The number of ether oxygens (including phenoxy) is 1. The van der Waals surface area contributed by atoms with E-state index in [9.17, 15) is 4.79 Å². The van der Waals surface area contributed by atoms with Crippen molar-refractivity contribution >= 4 is 5.91 Å². The van der Waals surface area contributed by atoms with Gasteiger partial charge in [0.1, 0.15) is 5.76 Å². The molecule has 1 aliphatic rings. The van der Waals surface area contributed by atoms with Gasteiger partial charge in [-0.25, -0.2) is 0 Å². The van der Waals surface area contributed by atoms with E-state index >= 15 is 0 Å². The van der Waals surface area contributed by atoms with E-state index in [1.165, 1.54) is 0 Å². The molecule has 116 valence electrons. The number of carbonyl (C=O) groups excluding carboxylic acids is 1. The first kappa shape index (κ1) is 14.9. The molecule has 1 saturated heterocycles. The van der Waals surface area contributed by atoms with Gasteiger partial charge in [0.25, 0.3) is 0 Å². The zero-order valence-corrected chi connectivity index (χ0v) is 12.7. The van der Waals surface area contributed by atoms with Gasteiger partial charge in [0.05, 0.1) is 25.4 Å². The Morgan fingerprint density at radius 2 is 2.00 bits per heavy atom. The molecule has 1 aromatic carbocycles. The monoisotopic (exact) mass is 299 g/mol. The summed E-state index contributed by atoms with van der Waals surface area (Å²) in [6.07, 6.45) is 2.03. The third kappa shape index (κ3) is 3.39. The average molecular weight is 299 g/mol. The van der Waals surface area contributed by atoms with Gasteiger partial charge in [-0.1, -0.05) is 37.3 Å². The molecule has 1 aliphatic heterocycles. The van der Waals surface area contributed by atoms with Crippen LogP contribution in [0.1, 0.15) is 30.6 Å². The highest BCUT2D eigenvalue weighted by Gasteiger charge is 2.33. The SMILES string of the molecule is CC1(CNC(=O)C[C@H](c2ccccc2)c2ccco2)COC1. The summed E-state index contributed by atoms with van der Waals surface area (Å²) in [4.78, 5) is 12.3. The molecule has 0 aliphatic carbocycles. The van der Waals surface area contributed by atoms with Crippen LogP contribution in [0.25, 0.3) is 0 Å². The Morgan fingerprint density at radius 1 is 1.23 bits per heavy atom. The summed E-state index contributed by atoms with van der Waals surface area (Å²) in [5.74, 6) is 0.805. The van der Waals surface area contributed by atoms with Crippen LogP contribution in [0, 0.1) is 5.41 Å². The maximum atomic E-state index is 12.3. The Hall–Kier alpha value is -2.07. The van der Waals surface area contributed by atoms with Crippen molar-refractivity contribution in [2.45, 2.75) is 19.3 Å². The topological polar surface area (TPSA) is 51.5 Å². The second kappa shape index (κ2) is 6.36. The smallest absolute Gasteiger partial charge is 0.221 e. The van der Waals surface area contributed by atoms with Crippen molar-refractivity contribution in [3.63, 3.8) is 0 Å². The maximum absolute atomic E-state index is 12.3. The van der Waals surface area contributed by atoms with Crippen molar-refractivity contribution < 1.29 is 13.9 Å². The van der Waals surface area contributed by atoms with Crippen LogP contribution in [0.15, 0.2) is 53.1 Å². The van der Waals surface area contributed by atoms with Crippen molar-refractivity contribution in [1.29, 1.82) is 0 Å². The zero-order valence-electron chi connectivity index (χ0n) is 12.7. The largest absolute Gasteiger partial charge is 0.469 e. The van der Waals surface area contributed by atoms with Crippen LogP contribution in [-0.2, 0) is 9.53 Å². The average Bonchev–Trinajstić information content (AvgIpc) is 3.03. The summed E-state index contributed by atoms with van der Waals surface area (Å²) < 4.78 is 10.7. The number of furan rings is 1. The first-order valence-electron chi connectivity index (χ1n) is 7.59. The van der Waals surface area contributed by atoms with Crippen molar-refractivity contribution in [1.82, 2.24) is 5.32 Å². The molecule has 0 bridgehead atoms. The normalized spacial score (nSPS) is 17.5. The zero-order chi connectivity index (χ0) is 15.4. The van der Waals surface area contributed by atoms with Crippen LogP contribution in [0.2, 0.25) is 0 Å². The Labute approximate surface area is 130 Å². The molecule has 3 rings (SSSR count). The summed E-state index contributed by atoms with van der Waals surface area (Å²) in [6, 6.07) is 13.8. The van der Waals surface area contributed by atoms with Gasteiger partial charge in [-0.3, -0.25) is 4.79 Å². The fraction of sp³-hybridized carbons (Fsp3) is 0.389. The molecule has 0 saturated carbocycles. The Kier molecular flexibility index (Phi) is 4.29. The Balaban J connectivity index is 1.66. The van der Waals surface area contributed by atoms with Gasteiger partial charge < -0.3 is 14.5 Å². The summed E-state index contributed by atoms with van der Waals surface area (Å²) in [5.41, 5.74) is 1.17. The number of hydrogen-bond donors (Lipinski definition) is 1. The molecule has 1 amide bonds. The van der Waals surface area contributed by atoms with E-state index in [-0.39, 0.29) is 17.2 Å². The van der Waals surface area contributed by atoms with Gasteiger partial charge in [-0.05, 0) is 17.7 Å². The Morgan fingerprint density at radius 3 is 2.59 bits per heavy atom. The van der Waals surface area contributed by atoms with Crippen LogP contribution in [-0.4, -0.2) is 25.7 Å². The lowest BCUT2D eigenvalue weighted by atomic mass is 9.88. The molecule has 2 heterocycles. The third-order valence-electron chi connectivity index (χ3n) is 4.09. The van der Waals surface area contributed by atoms with Crippen LogP contribution in [0.4, 0.5) is 0 Å². The lowest BCUT2D eigenvalue weighted by Gasteiger charge is -2.38. The minimum Gasteiger partial charge on any atom is -0.469 e. The van der Waals surface area contributed by atoms with E-state index in [4.69, 9.17) is 9.15 Å². The third-order valence-corrected chi connectivity index (χ3v) is 4.09. The van der Waals surface area contributed by atoms with Crippen LogP contribution >= 0.6 is 0 Å². The van der Waals surface area contributed by atoms with Gasteiger partial charge in [0, 0.05) is 18.4 Å². The first-order valence-corrected chi connectivity index (χ1v) is 7.59. The summed E-state index contributed by atoms with van der Waals surface area (Å²) in [6.45, 7) is 4.21. The van der Waals surface area contributed by atoms with E-state index in [0.717, 1.165) is 11.3 Å². The molecule has 0 spiro atoms. The second-order valence-corrected chi connectivity index (χ2v) is 6.26. The first-order chi connectivity index (χ1) is 10.7. The van der Waals surface area contributed by atoms with Gasteiger partial charge in [0.15, 0.2) is 0 Å². The van der Waals surface area contributed by atoms with Crippen LogP contribution in [0.5, 0.6) is 0 Å². The van der Waals surface area contributed by atoms with Crippen LogP contribution in [0.3, 0.4) is 0 Å².